The smallest absolute Gasteiger partial charge is 0.308 e. The number of benzene rings is 1. The van der Waals surface area contributed by atoms with Crippen molar-refractivity contribution in [3.05, 3.63) is 30.3 Å². The van der Waals surface area contributed by atoms with Crippen molar-refractivity contribution in [2.75, 3.05) is 18.0 Å². The van der Waals surface area contributed by atoms with E-state index in [1.807, 2.05) is 24.3 Å². The SMILES string of the molecule is O=C(O)C1CCCN(c2c[c]ccc2)C1. The van der Waals surface area contributed by atoms with E-state index in [0.29, 0.717) is 6.54 Å². The fourth-order valence-electron chi connectivity index (χ4n) is 1.99. The lowest BCUT2D eigenvalue weighted by Crippen LogP contribution is -2.38. The third-order valence-corrected chi connectivity index (χ3v) is 2.83. The Labute approximate surface area is 89.3 Å². The number of rotatable bonds is 2. The number of aliphatic carboxylic acids is 1. The molecule has 1 aliphatic rings. The maximum Gasteiger partial charge on any atom is 0.308 e. The predicted octanol–water partition coefficient (Wildman–Crippen LogP) is 1.79. The molecule has 15 heavy (non-hydrogen) atoms. The van der Waals surface area contributed by atoms with Crippen LogP contribution < -0.4 is 4.90 Å². The Kier molecular flexibility index (Phi) is 2.90. The van der Waals surface area contributed by atoms with Gasteiger partial charge in [0.25, 0.3) is 0 Å². The Morgan fingerprint density at radius 2 is 2.47 bits per heavy atom. The van der Waals surface area contributed by atoms with Crippen molar-refractivity contribution in [3.8, 4) is 0 Å². The highest BCUT2D eigenvalue weighted by molar-refractivity contribution is 5.71. The van der Waals surface area contributed by atoms with Crippen LogP contribution in [0.15, 0.2) is 24.3 Å². The summed E-state index contributed by atoms with van der Waals surface area (Å²) in [6.45, 7) is 1.56. The molecule has 1 radical (unpaired) electrons. The Bertz CT molecular complexity index is 337. The van der Waals surface area contributed by atoms with E-state index in [4.69, 9.17) is 5.11 Å². The van der Waals surface area contributed by atoms with Crippen LogP contribution in [0.5, 0.6) is 0 Å². The molecule has 1 heterocycles. The van der Waals surface area contributed by atoms with Gasteiger partial charge in [0.1, 0.15) is 0 Å². The molecule has 0 bridgehead atoms. The molecule has 1 unspecified atom stereocenters. The van der Waals surface area contributed by atoms with Crippen LogP contribution in [0.1, 0.15) is 12.8 Å². The molecule has 1 aromatic rings. The molecule has 2 rings (SSSR count). The van der Waals surface area contributed by atoms with E-state index in [-0.39, 0.29) is 5.92 Å². The van der Waals surface area contributed by atoms with Crippen LogP contribution in [0, 0.1) is 12.0 Å². The Morgan fingerprint density at radius 1 is 1.60 bits per heavy atom. The van der Waals surface area contributed by atoms with Gasteiger partial charge in [0, 0.05) is 18.8 Å². The summed E-state index contributed by atoms with van der Waals surface area (Å²) >= 11 is 0. The highest BCUT2D eigenvalue weighted by Crippen LogP contribution is 2.22. The lowest BCUT2D eigenvalue weighted by molar-refractivity contribution is -0.141. The van der Waals surface area contributed by atoms with Gasteiger partial charge in [-0.3, -0.25) is 4.79 Å². The number of carboxylic acid groups (broad SMARTS) is 1. The quantitative estimate of drug-likeness (QED) is 0.798. The van der Waals surface area contributed by atoms with E-state index in [0.717, 1.165) is 25.1 Å². The summed E-state index contributed by atoms with van der Waals surface area (Å²) in [6, 6.07) is 10.7. The zero-order chi connectivity index (χ0) is 10.7. The van der Waals surface area contributed by atoms with Gasteiger partial charge in [-0.2, -0.15) is 0 Å². The van der Waals surface area contributed by atoms with Crippen LogP contribution in [0.2, 0.25) is 0 Å². The second-order valence-electron chi connectivity index (χ2n) is 3.89. The monoisotopic (exact) mass is 204 g/mol. The minimum Gasteiger partial charge on any atom is -0.481 e. The van der Waals surface area contributed by atoms with Crippen LogP contribution >= 0.6 is 0 Å². The molecule has 0 aromatic heterocycles. The maximum absolute atomic E-state index is 10.9. The molecule has 0 aliphatic carbocycles. The van der Waals surface area contributed by atoms with Crippen LogP contribution in [0.3, 0.4) is 0 Å². The van der Waals surface area contributed by atoms with Crippen molar-refractivity contribution < 1.29 is 9.90 Å². The molecule has 79 valence electrons. The molecule has 1 saturated heterocycles. The number of anilines is 1. The van der Waals surface area contributed by atoms with Crippen molar-refractivity contribution in [2.24, 2.45) is 5.92 Å². The molecule has 1 aliphatic heterocycles. The van der Waals surface area contributed by atoms with Gasteiger partial charge in [0.2, 0.25) is 0 Å². The standard InChI is InChI=1S/C12H14NO2/c14-12(15)10-5-4-8-13(9-10)11-6-2-1-3-7-11/h1-2,6-7,10H,4-5,8-9H2,(H,14,15). The van der Waals surface area contributed by atoms with Gasteiger partial charge in [-0.05, 0) is 31.0 Å². The Hall–Kier alpha value is -1.51. The summed E-state index contributed by atoms with van der Waals surface area (Å²) in [4.78, 5) is 13.0. The molecule has 0 spiro atoms. The molecule has 1 atom stereocenters. The summed E-state index contributed by atoms with van der Waals surface area (Å²) in [6.07, 6.45) is 1.74. The first-order valence-electron chi connectivity index (χ1n) is 5.21. The summed E-state index contributed by atoms with van der Waals surface area (Å²) in [5, 5.41) is 8.97. The number of nitrogens with zero attached hydrogens (tertiary/aromatic N) is 1. The topological polar surface area (TPSA) is 40.5 Å². The summed E-state index contributed by atoms with van der Waals surface area (Å²) < 4.78 is 0. The predicted molar refractivity (Wildman–Crippen MR) is 57.9 cm³/mol. The third-order valence-electron chi connectivity index (χ3n) is 2.83. The first-order chi connectivity index (χ1) is 7.27. The van der Waals surface area contributed by atoms with Gasteiger partial charge in [-0.1, -0.05) is 12.1 Å². The molecule has 3 nitrogen and oxygen atoms in total. The molecule has 0 amide bonds. The van der Waals surface area contributed by atoms with Crippen LogP contribution in [0.25, 0.3) is 0 Å². The average molecular weight is 204 g/mol. The van der Waals surface area contributed by atoms with Crippen molar-refractivity contribution in [3.63, 3.8) is 0 Å². The third kappa shape index (κ3) is 2.29. The van der Waals surface area contributed by atoms with Crippen LogP contribution in [0.4, 0.5) is 5.69 Å². The highest BCUT2D eigenvalue weighted by Gasteiger charge is 2.25. The second-order valence-corrected chi connectivity index (χ2v) is 3.89. The summed E-state index contributed by atoms with van der Waals surface area (Å²) in [7, 11) is 0. The van der Waals surface area contributed by atoms with E-state index in [1.165, 1.54) is 0 Å². The molecular formula is C12H14NO2. The van der Waals surface area contributed by atoms with Gasteiger partial charge in [0.05, 0.1) is 5.92 Å². The van der Waals surface area contributed by atoms with E-state index in [2.05, 4.69) is 11.0 Å². The number of hydrogen-bond donors (Lipinski definition) is 1. The number of carbonyl (C=O) groups is 1. The van der Waals surface area contributed by atoms with Crippen molar-refractivity contribution in [1.29, 1.82) is 0 Å². The van der Waals surface area contributed by atoms with E-state index >= 15 is 0 Å². The lowest BCUT2D eigenvalue weighted by Gasteiger charge is -2.32. The van der Waals surface area contributed by atoms with Gasteiger partial charge >= 0.3 is 5.97 Å². The van der Waals surface area contributed by atoms with Gasteiger partial charge < -0.3 is 10.0 Å². The fraction of sp³-hybridized carbons (Fsp3) is 0.417. The van der Waals surface area contributed by atoms with Crippen molar-refractivity contribution >= 4 is 11.7 Å². The summed E-state index contributed by atoms with van der Waals surface area (Å²) in [5.74, 6) is -0.904. The molecule has 1 fully saturated rings. The van der Waals surface area contributed by atoms with Gasteiger partial charge in [-0.25, -0.2) is 0 Å². The molecule has 0 saturated carbocycles. The second kappa shape index (κ2) is 4.34. The Morgan fingerprint density at radius 3 is 3.13 bits per heavy atom. The zero-order valence-electron chi connectivity index (χ0n) is 8.52. The lowest BCUT2D eigenvalue weighted by atomic mass is 9.98. The number of hydrogen-bond acceptors (Lipinski definition) is 2. The van der Waals surface area contributed by atoms with Gasteiger partial charge in [-0.15, -0.1) is 0 Å². The fourth-order valence-corrected chi connectivity index (χ4v) is 1.99. The number of piperidine rings is 1. The van der Waals surface area contributed by atoms with Crippen molar-refractivity contribution in [2.45, 2.75) is 12.8 Å². The van der Waals surface area contributed by atoms with Crippen LogP contribution in [-0.4, -0.2) is 24.2 Å². The van der Waals surface area contributed by atoms with E-state index in [9.17, 15) is 4.79 Å². The number of carboxylic acids is 1. The van der Waals surface area contributed by atoms with E-state index < -0.39 is 5.97 Å². The Balaban J connectivity index is 2.08. The first-order valence-corrected chi connectivity index (χ1v) is 5.21. The molecule has 3 heteroatoms. The highest BCUT2D eigenvalue weighted by atomic mass is 16.4. The summed E-state index contributed by atoms with van der Waals surface area (Å²) in [5.41, 5.74) is 1.07. The maximum atomic E-state index is 10.9. The molecular weight excluding hydrogens is 190 g/mol. The zero-order valence-corrected chi connectivity index (χ0v) is 8.52. The van der Waals surface area contributed by atoms with Crippen molar-refractivity contribution in [1.82, 2.24) is 0 Å². The minimum absolute atomic E-state index is 0.223. The van der Waals surface area contributed by atoms with E-state index in [1.54, 1.807) is 0 Å². The average Bonchev–Trinajstić information content (AvgIpc) is 2.30. The molecule has 1 N–H and O–H groups in total. The van der Waals surface area contributed by atoms with Crippen LogP contribution in [-0.2, 0) is 4.79 Å². The molecule has 1 aromatic carbocycles. The normalized spacial score (nSPS) is 21.3. The largest absolute Gasteiger partial charge is 0.481 e. The first kappa shape index (κ1) is 10.0. The van der Waals surface area contributed by atoms with Gasteiger partial charge in [0.15, 0.2) is 0 Å². The minimum atomic E-state index is -0.681.